The molecule has 4 rings (SSSR count). The van der Waals surface area contributed by atoms with Crippen molar-refractivity contribution in [3.8, 4) is 5.75 Å². The summed E-state index contributed by atoms with van der Waals surface area (Å²) in [5.74, 6) is -0.0574. The first kappa shape index (κ1) is 23.8. The lowest BCUT2D eigenvalue weighted by Gasteiger charge is -2.13. The fourth-order valence-corrected chi connectivity index (χ4v) is 3.63. The molecule has 0 spiro atoms. The van der Waals surface area contributed by atoms with Gasteiger partial charge in [-0.3, -0.25) is 4.79 Å². The van der Waals surface area contributed by atoms with Crippen LogP contribution < -0.4 is 10.1 Å². The molecule has 3 aromatic carbocycles. The number of para-hydroxylation sites is 2. The van der Waals surface area contributed by atoms with Gasteiger partial charge in [0.15, 0.2) is 6.61 Å². The molecular weight excluding hydrogens is 444 g/mol. The van der Waals surface area contributed by atoms with Gasteiger partial charge < -0.3 is 19.3 Å². The lowest BCUT2D eigenvalue weighted by atomic mass is 10.0. The van der Waals surface area contributed by atoms with Crippen molar-refractivity contribution in [2.75, 3.05) is 11.9 Å². The Bertz CT molecular complexity index is 1290. The van der Waals surface area contributed by atoms with Crippen LogP contribution in [0.15, 0.2) is 83.4 Å². The summed E-state index contributed by atoms with van der Waals surface area (Å²) in [5, 5.41) is 6.75. The van der Waals surface area contributed by atoms with Gasteiger partial charge in [-0.15, -0.1) is 0 Å². The molecule has 0 atom stereocenters. The van der Waals surface area contributed by atoms with E-state index < -0.39 is 18.5 Å². The van der Waals surface area contributed by atoms with Crippen molar-refractivity contribution in [3.63, 3.8) is 0 Å². The number of nitrogens with one attached hydrogen (secondary N) is 1. The van der Waals surface area contributed by atoms with Crippen molar-refractivity contribution in [3.05, 3.63) is 113 Å². The Hall–Kier alpha value is -4.39. The summed E-state index contributed by atoms with van der Waals surface area (Å²) < 4.78 is 16.3. The zero-order chi connectivity index (χ0) is 24.6. The number of esters is 1. The number of carbonyl (C=O) groups excluding carboxylic acids is 2. The number of anilines is 1. The number of hydrogen-bond donors (Lipinski definition) is 1. The van der Waals surface area contributed by atoms with E-state index >= 15 is 0 Å². The number of rotatable bonds is 9. The monoisotopic (exact) mass is 470 g/mol. The van der Waals surface area contributed by atoms with Gasteiger partial charge in [-0.05, 0) is 49.6 Å². The van der Waals surface area contributed by atoms with E-state index in [1.807, 2.05) is 61.5 Å². The number of hydrogen-bond acceptors (Lipinski definition) is 6. The summed E-state index contributed by atoms with van der Waals surface area (Å²) in [6.07, 6.45) is 0.674. The lowest BCUT2D eigenvalue weighted by molar-refractivity contribution is -0.119. The van der Waals surface area contributed by atoms with Crippen LogP contribution in [0.2, 0.25) is 0 Å². The molecule has 1 aromatic heterocycles. The third-order valence-corrected chi connectivity index (χ3v) is 5.52. The van der Waals surface area contributed by atoms with Crippen LogP contribution in [0, 0.1) is 13.8 Å². The second kappa shape index (κ2) is 11.2. The second-order valence-corrected chi connectivity index (χ2v) is 8.03. The van der Waals surface area contributed by atoms with Crippen molar-refractivity contribution >= 4 is 17.6 Å². The average Bonchev–Trinajstić information content (AvgIpc) is 3.20. The van der Waals surface area contributed by atoms with Crippen molar-refractivity contribution in [1.29, 1.82) is 0 Å². The molecule has 0 aliphatic carbocycles. The number of amides is 1. The summed E-state index contributed by atoms with van der Waals surface area (Å²) in [5.41, 5.74) is 4.57. The second-order valence-electron chi connectivity index (χ2n) is 8.03. The molecule has 0 saturated carbocycles. The minimum atomic E-state index is -0.646. The van der Waals surface area contributed by atoms with Crippen LogP contribution in [0.5, 0.6) is 5.75 Å². The predicted octanol–water partition coefficient (Wildman–Crippen LogP) is 5.26. The number of benzene rings is 3. The van der Waals surface area contributed by atoms with E-state index in [-0.39, 0.29) is 12.2 Å². The predicted molar refractivity (Wildman–Crippen MR) is 131 cm³/mol. The maximum absolute atomic E-state index is 12.7. The van der Waals surface area contributed by atoms with Crippen LogP contribution in [0.3, 0.4) is 0 Å². The maximum Gasteiger partial charge on any atom is 0.342 e. The molecule has 0 saturated heterocycles. The molecule has 0 unspecified atom stereocenters. The van der Waals surface area contributed by atoms with Gasteiger partial charge in [-0.1, -0.05) is 65.8 Å². The number of aryl methyl sites for hydroxylation is 2. The Morgan fingerprint density at radius 3 is 2.40 bits per heavy atom. The maximum atomic E-state index is 12.7. The Morgan fingerprint density at radius 2 is 1.63 bits per heavy atom. The molecule has 0 fully saturated rings. The van der Waals surface area contributed by atoms with E-state index in [1.54, 1.807) is 31.2 Å². The van der Waals surface area contributed by atoms with E-state index in [0.717, 1.165) is 22.4 Å². The highest BCUT2D eigenvalue weighted by molar-refractivity contribution is 5.97. The molecule has 0 aliphatic heterocycles. The molecule has 0 bridgehead atoms. The van der Waals surface area contributed by atoms with Crippen molar-refractivity contribution in [1.82, 2.24) is 5.16 Å². The SMILES string of the molecule is Cc1noc(C)c1COc1ccccc1C(=O)OCC(=O)Nc1ccccc1Cc1ccccc1. The smallest absolute Gasteiger partial charge is 0.342 e. The number of aromatic nitrogens is 1. The highest BCUT2D eigenvalue weighted by atomic mass is 16.5. The van der Waals surface area contributed by atoms with E-state index in [1.165, 1.54) is 0 Å². The quantitative estimate of drug-likeness (QED) is 0.336. The third-order valence-electron chi connectivity index (χ3n) is 5.52. The van der Waals surface area contributed by atoms with E-state index in [2.05, 4.69) is 10.5 Å². The molecule has 0 aliphatic rings. The molecule has 1 heterocycles. The molecule has 1 amide bonds. The van der Waals surface area contributed by atoms with Crippen molar-refractivity contribution < 1.29 is 23.6 Å². The van der Waals surface area contributed by atoms with Gasteiger partial charge in [0.05, 0.1) is 11.3 Å². The van der Waals surface area contributed by atoms with Gasteiger partial charge >= 0.3 is 5.97 Å². The summed E-state index contributed by atoms with van der Waals surface area (Å²) in [7, 11) is 0. The molecular formula is C28H26N2O5. The summed E-state index contributed by atoms with van der Waals surface area (Å²) in [4.78, 5) is 25.3. The Kier molecular flexibility index (Phi) is 7.57. The summed E-state index contributed by atoms with van der Waals surface area (Å²) in [6, 6.07) is 24.3. The number of ether oxygens (including phenoxy) is 2. The lowest BCUT2D eigenvalue weighted by Crippen LogP contribution is -2.22. The van der Waals surface area contributed by atoms with E-state index in [0.29, 0.717) is 23.6 Å². The minimum absolute atomic E-state index is 0.199. The topological polar surface area (TPSA) is 90.7 Å². The van der Waals surface area contributed by atoms with E-state index in [4.69, 9.17) is 14.0 Å². The fraction of sp³-hybridized carbons (Fsp3) is 0.179. The molecule has 7 nitrogen and oxygen atoms in total. The van der Waals surface area contributed by atoms with Crippen molar-refractivity contribution in [2.45, 2.75) is 26.9 Å². The van der Waals surface area contributed by atoms with Crippen molar-refractivity contribution in [2.24, 2.45) is 0 Å². The minimum Gasteiger partial charge on any atom is -0.488 e. The van der Waals surface area contributed by atoms with Gasteiger partial charge in [-0.25, -0.2) is 4.79 Å². The molecule has 4 aromatic rings. The van der Waals surface area contributed by atoms with Gasteiger partial charge in [-0.2, -0.15) is 0 Å². The third kappa shape index (κ3) is 6.14. The largest absolute Gasteiger partial charge is 0.488 e. The van der Waals surface area contributed by atoms with E-state index in [9.17, 15) is 9.59 Å². The zero-order valence-corrected chi connectivity index (χ0v) is 19.6. The molecule has 178 valence electrons. The number of nitrogens with zero attached hydrogens (tertiary/aromatic N) is 1. The van der Waals surface area contributed by atoms with Crippen LogP contribution in [0.4, 0.5) is 5.69 Å². The molecule has 0 radical (unpaired) electrons. The van der Waals surface area contributed by atoms with Gasteiger partial charge in [0.1, 0.15) is 23.7 Å². The first-order valence-corrected chi connectivity index (χ1v) is 11.2. The van der Waals surface area contributed by atoms with Crippen LogP contribution in [-0.2, 0) is 22.6 Å². The highest BCUT2D eigenvalue weighted by Gasteiger charge is 2.17. The highest BCUT2D eigenvalue weighted by Crippen LogP contribution is 2.23. The van der Waals surface area contributed by atoms with Gasteiger partial charge in [0.25, 0.3) is 5.91 Å². The van der Waals surface area contributed by atoms with Crippen LogP contribution in [0.1, 0.15) is 38.5 Å². The Balaban J connectivity index is 1.36. The Labute approximate surface area is 203 Å². The van der Waals surface area contributed by atoms with Crippen LogP contribution in [-0.4, -0.2) is 23.6 Å². The fourth-order valence-electron chi connectivity index (χ4n) is 3.63. The normalized spacial score (nSPS) is 10.6. The van der Waals surface area contributed by atoms with Gasteiger partial charge in [0.2, 0.25) is 0 Å². The summed E-state index contributed by atoms with van der Waals surface area (Å²) >= 11 is 0. The standard InChI is InChI=1S/C28H26N2O5/c1-19-24(20(2)35-30-19)17-33-26-15-9-7-13-23(26)28(32)34-18-27(31)29-25-14-8-6-12-22(25)16-21-10-4-3-5-11-21/h3-15H,16-18H2,1-2H3,(H,29,31). The van der Waals surface area contributed by atoms with Gasteiger partial charge in [0, 0.05) is 5.69 Å². The summed E-state index contributed by atoms with van der Waals surface area (Å²) in [6.45, 7) is 3.41. The average molecular weight is 471 g/mol. The van der Waals surface area contributed by atoms with Crippen LogP contribution >= 0.6 is 0 Å². The molecule has 1 N–H and O–H groups in total. The van der Waals surface area contributed by atoms with Crippen LogP contribution in [0.25, 0.3) is 0 Å². The number of carbonyl (C=O) groups is 2. The first-order valence-electron chi connectivity index (χ1n) is 11.2. The first-order chi connectivity index (χ1) is 17.0. The molecule has 7 heteroatoms. The molecule has 35 heavy (non-hydrogen) atoms. The Morgan fingerprint density at radius 1 is 0.914 bits per heavy atom. The zero-order valence-electron chi connectivity index (χ0n) is 19.6.